The van der Waals surface area contributed by atoms with E-state index in [1.165, 1.54) is 33.5 Å². The fraction of sp³-hybridized carbons (Fsp3) is 0.381. The molecule has 2 aromatic rings. The molecule has 1 aliphatic rings. The average molecular weight is 448 g/mol. The van der Waals surface area contributed by atoms with Crippen LogP contribution in [0.1, 0.15) is 25.3 Å². The Balaban J connectivity index is 1.56. The summed E-state index contributed by atoms with van der Waals surface area (Å²) in [5.74, 6) is 0.189. The van der Waals surface area contributed by atoms with Crippen molar-refractivity contribution >= 4 is 21.8 Å². The summed E-state index contributed by atoms with van der Waals surface area (Å²) >= 11 is 0. The van der Waals surface area contributed by atoms with Crippen LogP contribution in [0.4, 0.5) is 10.5 Å². The maximum absolute atomic E-state index is 12.9. The number of non-ortho nitro benzene ring substituents is 1. The number of nitro groups is 1. The van der Waals surface area contributed by atoms with Crippen molar-refractivity contribution in [2.24, 2.45) is 0 Å². The van der Waals surface area contributed by atoms with Gasteiger partial charge >= 0.3 is 6.09 Å². The monoisotopic (exact) mass is 447 g/mol. The van der Waals surface area contributed by atoms with E-state index in [1.54, 1.807) is 12.1 Å². The highest BCUT2D eigenvalue weighted by Gasteiger charge is 2.30. The van der Waals surface area contributed by atoms with Crippen LogP contribution in [-0.2, 0) is 16.4 Å². The van der Waals surface area contributed by atoms with Gasteiger partial charge in [0.2, 0.25) is 10.0 Å². The van der Waals surface area contributed by atoms with Gasteiger partial charge in [0.15, 0.2) is 0 Å². The van der Waals surface area contributed by atoms with Gasteiger partial charge in [-0.25, -0.2) is 13.2 Å². The van der Waals surface area contributed by atoms with Crippen molar-refractivity contribution in [3.05, 3.63) is 64.2 Å². The molecular weight excluding hydrogens is 422 g/mol. The normalized spacial score (nSPS) is 14.9. The lowest BCUT2D eigenvalue weighted by Crippen LogP contribution is -2.51. The van der Waals surface area contributed by atoms with E-state index in [0.29, 0.717) is 0 Å². The molecule has 0 saturated carbocycles. The van der Waals surface area contributed by atoms with Gasteiger partial charge in [0.1, 0.15) is 5.75 Å². The molecule has 0 unspecified atom stereocenters. The highest BCUT2D eigenvalue weighted by molar-refractivity contribution is 7.89. The average Bonchev–Trinajstić information content (AvgIpc) is 2.78. The lowest BCUT2D eigenvalue weighted by Gasteiger charge is -2.33. The number of carbonyl (C=O) groups is 1. The molecule has 1 amide bonds. The molecule has 10 heteroatoms. The fourth-order valence-corrected chi connectivity index (χ4v) is 4.69. The number of hydrogen-bond acceptors (Lipinski definition) is 6. The first-order valence-corrected chi connectivity index (χ1v) is 11.6. The fourth-order valence-electron chi connectivity index (χ4n) is 3.27. The summed E-state index contributed by atoms with van der Waals surface area (Å²) in [6.07, 6.45) is 2.44. The predicted molar refractivity (Wildman–Crippen MR) is 115 cm³/mol. The molecule has 0 atom stereocenters. The molecule has 0 aliphatic carbocycles. The Morgan fingerprint density at radius 1 is 1.03 bits per heavy atom. The van der Waals surface area contributed by atoms with E-state index in [9.17, 15) is 23.3 Å². The first-order valence-electron chi connectivity index (χ1n) is 10.1. The van der Waals surface area contributed by atoms with Crippen molar-refractivity contribution < 1.29 is 22.9 Å². The third kappa shape index (κ3) is 5.59. The van der Waals surface area contributed by atoms with Crippen molar-refractivity contribution in [3.8, 4) is 5.75 Å². The number of unbranched alkanes of at least 4 members (excludes halogenated alkanes) is 1. The smallest absolute Gasteiger partial charge is 0.410 e. The molecule has 2 aromatic carbocycles. The highest BCUT2D eigenvalue weighted by atomic mass is 32.2. The minimum Gasteiger partial charge on any atom is -0.410 e. The Labute approximate surface area is 181 Å². The molecular formula is C21H25N3O6S. The summed E-state index contributed by atoms with van der Waals surface area (Å²) in [6, 6.07) is 12.2. The minimum absolute atomic E-state index is 0.1000. The Morgan fingerprint density at radius 3 is 2.19 bits per heavy atom. The molecule has 0 spiro atoms. The highest BCUT2D eigenvalue weighted by Crippen LogP contribution is 2.21. The quantitative estimate of drug-likeness (QED) is 0.475. The molecule has 1 saturated heterocycles. The van der Waals surface area contributed by atoms with E-state index in [0.717, 1.165) is 24.8 Å². The number of hydrogen-bond donors (Lipinski definition) is 0. The van der Waals surface area contributed by atoms with E-state index < -0.39 is 21.0 Å². The van der Waals surface area contributed by atoms with Crippen molar-refractivity contribution in [3.63, 3.8) is 0 Å². The van der Waals surface area contributed by atoms with Crippen LogP contribution in [0, 0.1) is 10.1 Å². The molecule has 31 heavy (non-hydrogen) atoms. The molecule has 166 valence electrons. The number of carbonyl (C=O) groups excluding carboxylic acids is 1. The van der Waals surface area contributed by atoms with Gasteiger partial charge in [-0.15, -0.1) is 0 Å². The summed E-state index contributed by atoms with van der Waals surface area (Å²) in [5, 5.41) is 10.7. The van der Waals surface area contributed by atoms with Gasteiger partial charge in [0, 0.05) is 38.3 Å². The molecule has 0 bridgehead atoms. The van der Waals surface area contributed by atoms with Gasteiger partial charge in [-0.2, -0.15) is 4.31 Å². The second-order valence-electron chi connectivity index (χ2n) is 7.26. The Bertz CT molecular complexity index is 1010. The van der Waals surface area contributed by atoms with Gasteiger partial charge in [0.05, 0.1) is 9.82 Å². The molecule has 9 nitrogen and oxygen atoms in total. The first kappa shape index (κ1) is 22.7. The van der Waals surface area contributed by atoms with Crippen molar-refractivity contribution in [1.29, 1.82) is 0 Å². The van der Waals surface area contributed by atoms with Gasteiger partial charge in [0.25, 0.3) is 5.69 Å². The number of benzene rings is 2. The first-order chi connectivity index (χ1) is 14.8. The van der Waals surface area contributed by atoms with E-state index in [1.807, 2.05) is 12.1 Å². The summed E-state index contributed by atoms with van der Waals surface area (Å²) in [6.45, 7) is 2.82. The third-order valence-corrected chi connectivity index (χ3v) is 7.04. The summed E-state index contributed by atoms with van der Waals surface area (Å²) in [7, 11) is -3.63. The summed E-state index contributed by atoms with van der Waals surface area (Å²) < 4.78 is 32.4. The number of nitrogens with zero attached hydrogens (tertiary/aromatic N) is 3. The molecule has 1 fully saturated rings. The third-order valence-electron chi connectivity index (χ3n) is 5.13. The number of aryl methyl sites for hydroxylation is 1. The van der Waals surface area contributed by atoms with E-state index in [2.05, 4.69) is 6.92 Å². The zero-order valence-electron chi connectivity index (χ0n) is 17.3. The van der Waals surface area contributed by atoms with Crippen LogP contribution >= 0.6 is 0 Å². The number of amides is 1. The number of rotatable bonds is 7. The van der Waals surface area contributed by atoms with Crippen LogP contribution in [0.5, 0.6) is 5.75 Å². The molecule has 1 heterocycles. The molecule has 0 radical (unpaired) electrons. The molecule has 1 aliphatic heterocycles. The Hall–Kier alpha value is -2.98. The molecule has 0 aromatic heterocycles. The SMILES string of the molecule is CCCCc1ccc(S(=O)(=O)N2CCN(C(=O)Oc3ccc([N+](=O)[O-])cc3)CC2)cc1. The van der Waals surface area contributed by atoms with E-state index in [-0.39, 0.29) is 42.5 Å². The topological polar surface area (TPSA) is 110 Å². The zero-order chi connectivity index (χ0) is 22.4. The number of sulfonamides is 1. The zero-order valence-corrected chi connectivity index (χ0v) is 18.1. The minimum atomic E-state index is -3.63. The Morgan fingerprint density at radius 2 is 1.65 bits per heavy atom. The second-order valence-corrected chi connectivity index (χ2v) is 9.20. The largest absolute Gasteiger partial charge is 0.415 e. The van der Waals surface area contributed by atoms with E-state index in [4.69, 9.17) is 4.74 Å². The van der Waals surface area contributed by atoms with Gasteiger partial charge in [-0.3, -0.25) is 10.1 Å². The van der Waals surface area contributed by atoms with Crippen LogP contribution < -0.4 is 4.74 Å². The Kier molecular flexibility index (Phi) is 7.24. The summed E-state index contributed by atoms with van der Waals surface area (Å²) in [4.78, 5) is 24.2. The van der Waals surface area contributed by atoms with Gasteiger partial charge in [-0.05, 0) is 42.7 Å². The van der Waals surface area contributed by atoms with Crippen molar-refractivity contribution in [2.45, 2.75) is 31.1 Å². The number of ether oxygens (including phenoxy) is 1. The van der Waals surface area contributed by atoms with Crippen molar-refractivity contribution in [2.75, 3.05) is 26.2 Å². The molecule has 0 N–H and O–H groups in total. The lowest BCUT2D eigenvalue weighted by molar-refractivity contribution is -0.384. The van der Waals surface area contributed by atoms with Crippen LogP contribution in [0.3, 0.4) is 0 Å². The number of nitro benzene ring substituents is 1. The lowest BCUT2D eigenvalue weighted by atomic mass is 10.1. The van der Waals surface area contributed by atoms with Crippen LogP contribution in [0.25, 0.3) is 0 Å². The predicted octanol–water partition coefficient (Wildman–Crippen LogP) is 3.44. The molecule has 3 rings (SSSR count). The summed E-state index contributed by atoms with van der Waals surface area (Å²) in [5.41, 5.74) is 1.01. The van der Waals surface area contributed by atoms with Crippen LogP contribution in [0.2, 0.25) is 0 Å². The number of piperazine rings is 1. The van der Waals surface area contributed by atoms with Gasteiger partial charge in [-0.1, -0.05) is 25.5 Å². The second kappa shape index (κ2) is 9.88. The standard InChI is InChI=1S/C21H25N3O6S/c1-2-3-4-17-5-11-20(12-6-17)31(28,29)23-15-13-22(14-16-23)21(25)30-19-9-7-18(8-10-19)24(26)27/h5-12H,2-4,13-16H2,1H3. The van der Waals surface area contributed by atoms with Gasteiger partial charge < -0.3 is 9.64 Å². The van der Waals surface area contributed by atoms with Crippen LogP contribution in [0.15, 0.2) is 53.4 Å². The maximum Gasteiger partial charge on any atom is 0.415 e. The van der Waals surface area contributed by atoms with E-state index >= 15 is 0 Å². The van der Waals surface area contributed by atoms with Crippen LogP contribution in [-0.4, -0.2) is 54.8 Å². The van der Waals surface area contributed by atoms with Crippen molar-refractivity contribution in [1.82, 2.24) is 9.21 Å². The maximum atomic E-state index is 12.9.